The van der Waals surface area contributed by atoms with E-state index in [0.29, 0.717) is 0 Å². The van der Waals surface area contributed by atoms with Crippen LogP contribution in [0.1, 0.15) is 0 Å². The van der Waals surface area contributed by atoms with Crippen molar-refractivity contribution in [2.24, 2.45) is 0 Å². The highest BCUT2D eigenvalue weighted by Crippen LogP contribution is 2.20. The van der Waals surface area contributed by atoms with Crippen molar-refractivity contribution in [3.8, 4) is 0 Å². The van der Waals surface area contributed by atoms with Crippen molar-refractivity contribution in [2.45, 2.75) is 0 Å². The van der Waals surface area contributed by atoms with Gasteiger partial charge in [0, 0.05) is 23.0 Å². The summed E-state index contributed by atoms with van der Waals surface area (Å²) in [6.45, 7) is 0. The van der Waals surface area contributed by atoms with E-state index in [1.807, 2.05) is 72.9 Å². The summed E-state index contributed by atoms with van der Waals surface area (Å²) in [5, 5.41) is 7.02. The zero-order chi connectivity index (χ0) is 18.3. The maximum atomic E-state index is 4.33. The fourth-order valence-corrected chi connectivity index (χ4v) is 2.97. The van der Waals surface area contributed by atoms with Gasteiger partial charge in [0.2, 0.25) is 0 Å². The molecule has 4 aromatic carbocycles. The lowest BCUT2D eigenvalue weighted by molar-refractivity contribution is 1.42. The molecule has 2 nitrogen and oxygen atoms in total. The van der Waals surface area contributed by atoms with E-state index in [0.717, 1.165) is 16.9 Å². The lowest BCUT2D eigenvalue weighted by Crippen LogP contribution is -1.87. The fourth-order valence-electron chi connectivity index (χ4n) is 2.97. The maximum absolute atomic E-state index is 4.33. The number of aromatic nitrogens is 1. The van der Waals surface area contributed by atoms with Crippen LogP contribution in [-0.4, -0.2) is 4.98 Å². The molecule has 0 atom stereocenters. The van der Waals surface area contributed by atoms with Crippen LogP contribution in [-0.2, 0) is 0 Å². The molecule has 0 fully saturated rings. The van der Waals surface area contributed by atoms with Gasteiger partial charge < -0.3 is 5.32 Å². The third kappa shape index (κ3) is 4.31. The van der Waals surface area contributed by atoms with Gasteiger partial charge in [0.05, 0.1) is 5.52 Å². The summed E-state index contributed by atoms with van der Waals surface area (Å²) in [5.41, 5.74) is 3.30. The SMILES string of the molecule is c1ccc(Nc2ccccc2)cc1.c1ccc2cc3ncccc3cc2c1. The molecule has 130 valence electrons. The quantitative estimate of drug-likeness (QED) is 0.354. The number of rotatable bonds is 2. The molecule has 0 amide bonds. The number of hydrogen-bond donors (Lipinski definition) is 1. The predicted molar refractivity (Wildman–Crippen MR) is 115 cm³/mol. The van der Waals surface area contributed by atoms with E-state index in [1.165, 1.54) is 16.2 Å². The Bertz CT molecular complexity index is 993. The van der Waals surface area contributed by atoms with Gasteiger partial charge in [0.15, 0.2) is 0 Å². The van der Waals surface area contributed by atoms with Gasteiger partial charge in [-0.3, -0.25) is 4.98 Å². The molecule has 2 heteroatoms. The highest BCUT2D eigenvalue weighted by molar-refractivity contribution is 5.96. The van der Waals surface area contributed by atoms with E-state index in [-0.39, 0.29) is 0 Å². The molecule has 0 unspecified atom stereocenters. The molecule has 0 radical (unpaired) electrons. The van der Waals surface area contributed by atoms with E-state index >= 15 is 0 Å². The fraction of sp³-hybridized carbons (Fsp3) is 0. The summed E-state index contributed by atoms with van der Waals surface area (Å²) >= 11 is 0. The molecular weight excluding hydrogens is 328 g/mol. The van der Waals surface area contributed by atoms with Crippen LogP contribution < -0.4 is 5.32 Å². The Morgan fingerprint density at radius 3 is 1.63 bits per heavy atom. The van der Waals surface area contributed by atoms with Crippen LogP contribution in [0.4, 0.5) is 11.4 Å². The zero-order valence-corrected chi connectivity index (χ0v) is 14.9. The van der Waals surface area contributed by atoms with Crippen molar-refractivity contribution in [1.82, 2.24) is 4.98 Å². The van der Waals surface area contributed by atoms with Crippen LogP contribution in [0.2, 0.25) is 0 Å². The van der Waals surface area contributed by atoms with Gasteiger partial charge in [-0.15, -0.1) is 0 Å². The van der Waals surface area contributed by atoms with Crippen LogP contribution in [0.3, 0.4) is 0 Å². The first kappa shape index (κ1) is 16.8. The van der Waals surface area contributed by atoms with Crippen LogP contribution in [0.15, 0.2) is 115 Å². The van der Waals surface area contributed by atoms with Crippen molar-refractivity contribution in [2.75, 3.05) is 5.32 Å². The van der Waals surface area contributed by atoms with Crippen LogP contribution >= 0.6 is 0 Å². The lowest BCUT2D eigenvalue weighted by atomic mass is 10.1. The highest BCUT2D eigenvalue weighted by atomic mass is 14.9. The highest BCUT2D eigenvalue weighted by Gasteiger charge is 1.96. The van der Waals surface area contributed by atoms with Gasteiger partial charge in [-0.2, -0.15) is 0 Å². The van der Waals surface area contributed by atoms with E-state index in [2.05, 4.69) is 52.8 Å². The Morgan fingerprint density at radius 1 is 0.481 bits per heavy atom. The van der Waals surface area contributed by atoms with E-state index < -0.39 is 0 Å². The average molecular weight is 348 g/mol. The van der Waals surface area contributed by atoms with Gasteiger partial charge in [-0.05, 0) is 53.2 Å². The number of para-hydroxylation sites is 2. The summed E-state index contributed by atoms with van der Waals surface area (Å²) in [7, 11) is 0. The molecule has 5 rings (SSSR count). The number of anilines is 2. The summed E-state index contributed by atoms with van der Waals surface area (Å²) < 4.78 is 0. The van der Waals surface area contributed by atoms with E-state index in [4.69, 9.17) is 0 Å². The molecule has 0 saturated heterocycles. The Labute approximate surface area is 159 Å². The minimum Gasteiger partial charge on any atom is -0.356 e. The van der Waals surface area contributed by atoms with Gasteiger partial charge in [0.25, 0.3) is 0 Å². The molecule has 0 aliphatic carbocycles. The van der Waals surface area contributed by atoms with E-state index in [9.17, 15) is 0 Å². The van der Waals surface area contributed by atoms with Gasteiger partial charge in [-0.25, -0.2) is 0 Å². The van der Waals surface area contributed by atoms with Gasteiger partial charge >= 0.3 is 0 Å². The zero-order valence-electron chi connectivity index (χ0n) is 14.9. The number of nitrogens with one attached hydrogen (secondary N) is 1. The number of fused-ring (bicyclic) bond motifs is 2. The van der Waals surface area contributed by atoms with E-state index in [1.54, 1.807) is 0 Å². The average Bonchev–Trinajstić information content (AvgIpc) is 2.74. The first-order chi connectivity index (χ1) is 13.4. The topological polar surface area (TPSA) is 24.9 Å². The molecule has 1 heterocycles. The molecule has 0 saturated carbocycles. The lowest BCUT2D eigenvalue weighted by Gasteiger charge is -2.04. The van der Waals surface area contributed by atoms with Gasteiger partial charge in [0.1, 0.15) is 0 Å². The molecule has 5 aromatic rings. The van der Waals surface area contributed by atoms with Crippen LogP contribution in [0.5, 0.6) is 0 Å². The Hall–Kier alpha value is -3.65. The Balaban J connectivity index is 0.000000134. The molecule has 0 aliphatic rings. The molecule has 0 spiro atoms. The monoisotopic (exact) mass is 348 g/mol. The third-order valence-corrected chi connectivity index (χ3v) is 4.31. The van der Waals surface area contributed by atoms with Gasteiger partial charge in [-0.1, -0.05) is 66.7 Å². The Kier molecular flexibility index (Phi) is 5.07. The minimum atomic E-state index is 1.06. The van der Waals surface area contributed by atoms with Crippen molar-refractivity contribution >= 4 is 33.1 Å². The summed E-state index contributed by atoms with van der Waals surface area (Å²) in [6, 6.07) is 37.0. The van der Waals surface area contributed by atoms with Crippen molar-refractivity contribution < 1.29 is 0 Å². The Morgan fingerprint density at radius 2 is 1.00 bits per heavy atom. The molecule has 0 aliphatic heterocycles. The predicted octanol–water partition coefficient (Wildman–Crippen LogP) is 6.82. The smallest absolute Gasteiger partial charge is 0.0708 e. The minimum absolute atomic E-state index is 1.06. The molecular formula is C25H20N2. The van der Waals surface area contributed by atoms with Crippen molar-refractivity contribution in [3.63, 3.8) is 0 Å². The number of benzene rings is 4. The second-order valence-electron chi connectivity index (χ2n) is 6.25. The normalized spacial score (nSPS) is 10.2. The summed E-state index contributed by atoms with van der Waals surface area (Å²) in [4.78, 5) is 4.33. The van der Waals surface area contributed by atoms with Crippen molar-refractivity contribution in [3.05, 3.63) is 115 Å². The first-order valence-electron chi connectivity index (χ1n) is 8.99. The molecule has 0 bridgehead atoms. The molecule has 1 aromatic heterocycles. The first-order valence-corrected chi connectivity index (χ1v) is 8.99. The maximum Gasteiger partial charge on any atom is 0.0708 e. The second-order valence-corrected chi connectivity index (χ2v) is 6.25. The molecule has 27 heavy (non-hydrogen) atoms. The van der Waals surface area contributed by atoms with Crippen molar-refractivity contribution in [1.29, 1.82) is 0 Å². The number of pyridine rings is 1. The second kappa shape index (κ2) is 8.15. The number of hydrogen-bond acceptors (Lipinski definition) is 2. The van der Waals surface area contributed by atoms with Crippen LogP contribution in [0, 0.1) is 0 Å². The summed E-state index contributed by atoms with van der Waals surface area (Å²) in [6.07, 6.45) is 1.83. The standard InChI is InChI=1S/C13H9N.C12H11N/c1-2-5-11-9-13-12(6-3-7-14-13)8-10(11)4-1;1-3-7-11(8-4-1)13-12-9-5-2-6-10-12/h1-9H;1-10,13H. The largest absolute Gasteiger partial charge is 0.356 e. The molecule has 1 N–H and O–H groups in total. The summed E-state index contributed by atoms with van der Waals surface area (Å²) in [5.74, 6) is 0. The third-order valence-electron chi connectivity index (χ3n) is 4.31. The van der Waals surface area contributed by atoms with Crippen LogP contribution in [0.25, 0.3) is 21.7 Å². The number of nitrogens with zero attached hydrogens (tertiary/aromatic N) is 1.